The summed E-state index contributed by atoms with van der Waals surface area (Å²) in [5.41, 5.74) is 0. The Balaban J connectivity index is 3.74. The van der Waals surface area contributed by atoms with Crippen LogP contribution in [0.15, 0.2) is 60.8 Å². The number of hydrogen-bond donors (Lipinski definition) is 4. The van der Waals surface area contributed by atoms with Gasteiger partial charge in [-0.2, -0.15) is 0 Å². The zero-order chi connectivity index (χ0) is 40.1. The largest absolute Gasteiger partial charge is 0.394 e. The Labute approximate surface area is 341 Å². The Hall–Kier alpha value is -1.95. The Bertz CT molecular complexity index is 938. The van der Waals surface area contributed by atoms with Crippen LogP contribution in [0.4, 0.5) is 0 Å². The molecule has 0 saturated heterocycles. The molecule has 3 atom stereocenters. The van der Waals surface area contributed by atoms with Crippen LogP contribution >= 0.6 is 0 Å². The topological polar surface area (TPSA) is 89.8 Å². The molecule has 0 aromatic carbocycles. The molecule has 0 bridgehead atoms. The molecule has 0 spiro atoms. The SMILES string of the molecule is CCCCC/C=C\C=C/CCCCCCCCCCC(O)CC(=O)NC(CO)C(O)/C=C/CC/C=C/CC/C=C/CCCCCCCCCCCCCCC. The Morgan fingerprint density at radius 3 is 1.31 bits per heavy atom. The molecular formula is C50H91NO4. The molecule has 0 aliphatic rings. The van der Waals surface area contributed by atoms with Crippen molar-refractivity contribution >= 4 is 5.91 Å². The molecular weight excluding hydrogens is 679 g/mol. The summed E-state index contributed by atoms with van der Waals surface area (Å²) in [6.07, 6.45) is 59.4. The average Bonchev–Trinajstić information content (AvgIpc) is 3.18. The summed E-state index contributed by atoms with van der Waals surface area (Å²) in [4.78, 5) is 12.4. The lowest BCUT2D eigenvalue weighted by molar-refractivity contribution is -0.124. The molecule has 4 N–H and O–H groups in total. The van der Waals surface area contributed by atoms with E-state index in [1.165, 1.54) is 154 Å². The van der Waals surface area contributed by atoms with Crippen molar-refractivity contribution in [3.63, 3.8) is 0 Å². The van der Waals surface area contributed by atoms with E-state index in [1.54, 1.807) is 6.08 Å². The summed E-state index contributed by atoms with van der Waals surface area (Å²) in [5, 5.41) is 33.3. The number of carbonyl (C=O) groups excluding carboxylic acids is 1. The van der Waals surface area contributed by atoms with Crippen molar-refractivity contribution in [2.75, 3.05) is 6.61 Å². The van der Waals surface area contributed by atoms with Crippen LogP contribution < -0.4 is 5.32 Å². The molecule has 320 valence electrons. The molecule has 0 heterocycles. The third kappa shape index (κ3) is 41.5. The number of aliphatic hydroxyl groups excluding tert-OH is 3. The maximum atomic E-state index is 12.4. The molecule has 0 aliphatic carbocycles. The lowest BCUT2D eigenvalue weighted by Gasteiger charge is -2.21. The zero-order valence-electron chi connectivity index (χ0n) is 36.3. The minimum Gasteiger partial charge on any atom is -0.394 e. The fourth-order valence-electron chi connectivity index (χ4n) is 6.89. The molecule has 1 amide bonds. The van der Waals surface area contributed by atoms with Crippen molar-refractivity contribution in [3.8, 4) is 0 Å². The van der Waals surface area contributed by atoms with E-state index in [9.17, 15) is 20.1 Å². The molecule has 0 aromatic rings. The van der Waals surface area contributed by atoms with Crippen LogP contribution in [0.25, 0.3) is 0 Å². The standard InChI is InChI=1S/C50H91NO4/c1-3-5-7-9-11-13-15-17-19-21-22-23-24-25-26-28-30-32-34-36-38-40-42-44-49(54)48(46-52)51-50(55)45-47(53)43-41-39-37-35-33-31-29-27-20-18-16-14-12-10-8-6-4-2/h12,14,16,18,26,28,34,36,42,44,47-49,52-54H,3-11,13,15,17,19-25,27,29-33,35,37-41,43,45-46H2,1-2H3,(H,51,55)/b14-12-,18-16-,28-26+,36-34+,44-42+. The number of nitrogens with one attached hydrogen (secondary N) is 1. The monoisotopic (exact) mass is 770 g/mol. The van der Waals surface area contributed by atoms with Gasteiger partial charge in [-0.3, -0.25) is 4.79 Å². The van der Waals surface area contributed by atoms with Crippen molar-refractivity contribution in [1.82, 2.24) is 5.32 Å². The van der Waals surface area contributed by atoms with Crippen molar-refractivity contribution in [3.05, 3.63) is 60.8 Å². The van der Waals surface area contributed by atoms with Crippen molar-refractivity contribution in [1.29, 1.82) is 0 Å². The van der Waals surface area contributed by atoms with Gasteiger partial charge in [0.15, 0.2) is 0 Å². The van der Waals surface area contributed by atoms with E-state index < -0.39 is 18.2 Å². The molecule has 0 aromatic heterocycles. The van der Waals surface area contributed by atoms with E-state index in [4.69, 9.17) is 0 Å². The van der Waals surface area contributed by atoms with Gasteiger partial charge in [0, 0.05) is 0 Å². The molecule has 3 unspecified atom stereocenters. The average molecular weight is 770 g/mol. The third-order valence-corrected chi connectivity index (χ3v) is 10.5. The summed E-state index contributed by atoms with van der Waals surface area (Å²) in [5.74, 6) is -0.335. The quantitative estimate of drug-likeness (QED) is 0.0283. The summed E-state index contributed by atoms with van der Waals surface area (Å²) >= 11 is 0. The summed E-state index contributed by atoms with van der Waals surface area (Å²) in [6.45, 7) is 4.17. The molecule has 5 heteroatoms. The summed E-state index contributed by atoms with van der Waals surface area (Å²) in [7, 11) is 0. The predicted molar refractivity (Wildman–Crippen MR) is 240 cm³/mol. The minimum atomic E-state index is -0.964. The van der Waals surface area contributed by atoms with Crippen molar-refractivity contribution < 1.29 is 20.1 Å². The second-order valence-electron chi connectivity index (χ2n) is 16.0. The molecule has 0 rings (SSSR count). The van der Waals surface area contributed by atoms with Crippen LogP contribution in [0.5, 0.6) is 0 Å². The van der Waals surface area contributed by atoms with Gasteiger partial charge < -0.3 is 20.6 Å². The van der Waals surface area contributed by atoms with Gasteiger partial charge in [-0.05, 0) is 70.6 Å². The van der Waals surface area contributed by atoms with Crippen LogP contribution in [0.2, 0.25) is 0 Å². The van der Waals surface area contributed by atoms with Crippen molar-refractivity contribution in [2.24, 2.45) is 0 Å². The first-order chi connectivity index (χ1) is 27.0. The van der Waals surface area contributed by atoms with Gasteiger partial charge in [-0.15, -0.1) is 0 Å². The van der Waals surface area contributed by atoms with E-state index >= 15 is 0 Å². The van der Waals surface area contributed by atoms with E-state index in [0.29, 0.717) is 6.42 Å². The molecule has 0 radical (unpaired) electrons. The maximum Gasteiger partial charge on any atom is 0.222 e. The van der Waals surface area contributed by atoms with Gasteiger partial charge in [0.05, 0.1) is 31.3 Å². The zero-order valence-corrected chi connectivity index (χ0v) is 36.3. The second kappa shape index (κ2) is 44.8. The highest BCUT2D eigenvalue weighted by atomic mass is 16.3. The number of hydrogen-bond acceptors (Lipinski definition) is 4. The van der Waals surface area contributed by atoms with Gasteiger partial charge in [-0.1, -0.05) is 209 Å². The number of amides is 1. The van der Waals surface area contributed by atoms with Gasteiger partial charge >= 0.3 is 0 Å². The number of rotatable bonds is 42. The Kier molecular flexibility index (Phi) is 43.2. The highest BCUT2D eigenvalue weighted by Gasteiger charge is 2.20. The highest BCUT2D eigenvalue weighted by Crippen LogP contribution is 2.15. The van der Waals surface area contributed by atoms with Crippen LogP contribution in [-0.2, 0) is 4.79 Å². The molecule has 55 heavy (non-hydrogen) atoms. The first-order valence-electron chi connectivity index (χ1n) is 23.6. The smallest absolute Gasteiger partial charge is 0.222 e. The van der Waals surface area contributed by atoms with Crippen LogP contribution in [0, 0.1) is 0 Å². The van der Waals surface area contributed by atoms with Gasteiger partial charge in [0.2, 0.25) is 5.91 Å². The van der Waals surface area contributed by atoms with Crippen LogP contribution in [0.3, 0.4) is 0 Å². The predicted octanol–water partition coefficient (Wildman–Crippen LogP) is 13.9. The lowest BCUT2D eigenvalue weighted by Crippen LogP contribution is -2.45. The number of allylic oxidation sites excluding steroid dienone is 9. The van der Waals surface area contributed by atoms with Gasteiger partial charge in [-0.25, -0.2) is 0 Å². The minimum absolute atomic E-state index is 0.00451. The number of carbonyl (C=O) groups is 1. The Morgan fingerprint density at radius 2 is 0.836 bits per heavy atom. The van der Waals surface area contributed by atoms with Gasteiger partial charge in [0.1, 0.15) is 0 Å². The first-order valence-corrected chi connectivity index (χ1v) is 23.6. The third-order valence-electron chi connectivity index (χ3n) is 10.5. The molecule has 5 nitrogen and oxygen atoms in total. The molecule has 0 saturated carbocycles. The molecule has 0 fully saturated rings. The number of unbranched alkanes of at least 4 members (excludes halogenated alkanes) is 26. The normalized spacial score (nSPS) is 14.1. The summed E-state index contributed by atoms with van der Waals surface area (Å²) < 4.78 is 0. The summed E-state index contributed by atoms with van der Waals surface area (Å²) in [6, 6.07) is -0.772. The fraction of sp³-hybridized carbons (Fsp3) is 0.780. The highest BCUT2D eigenvalue weighted by molar-refractivity contribution is 5.76. The Morgan fingerprint density at radius 1 is 0.473 bits per heavy atom. The van der Waals surface area contributed by atoms with Crippen LogP contribution in [0.1, 0.15) is 226 Å². The second-order valence-corrected chi connectivity index (χ2v) is 16.0. The first kappa shape index (κ1) is 53.0. The fourth-order valence-corrected chi connectivity index (χ4v) is 6.89. The molecule has 0 aliphatic heterocycles. The van der Waals surface area contributed by atoms with Crippen molar-refractivity contribution in [2.45, 2.75) is 244 Å². The number of aliphatic hydroxyl groups is 3. The van der Waals surface area contributed by atoms with Crippen LogP contribution in [-0.4, -0.2) is 46.1 Å². The van der Waals surface area contributed by atoms with E-state index in [-0.39, 0.29) is 18.9 Å². The van der Waals surface area contributed by atoms with E-state index in [2.05, 4.69) is 67.8 Å². The van der Waals surface area contributed by atoms with E-state index in [1.807, 2.05) is 6.08 Å². The lowest BCUT2D eigenvalue weighted by atomic mass is 10.0. The van der Waals surface area contributed by atoms with Gasteiger partial charge in [0.25, 0.3) is 0 Å². The maximum absolute atomic E-state index is 12.4. The van der Waals surface area contributed by atoms with E-state index in [0.717, 1.165) is 44.9 Å².